The lowest BCUT2D eigenvalue weighted by Gasteiger charge is -2.06. The summed E-state index contributed by atoms with van der Waals surface area (Å²) in [7, 11) is 0. The Morgan fingerprint density at radius 3 is 2.89 bits per heavy atom. The van der Waals surface area contributed by atoms with Gasteiger partial charge < -0.3 is 10.4 Å². The lowest BCUT2D eigenvalue weighted by molar-refractivity contribution is -0.136. The largest absolute Gasteiger partial charge is 0.481 e. The molecule has 0 aliphatic carbocycles. The second-order valence-corrected chi connectivity index (χ2v) is 5.24. The minimum Gasteiger partial charge on any atom is -0.481 e. The number of thiophene rings is 1. The topological polar surface area (TPSA) is 62.2 Å². The second kappa shape index (κ2) is 5.64. The van der Waals surface area contributed by atoms with Crippen molar-refractivity contribution in [3.8, 4) is 0 Å². The molecule has 2 heterocycles. The summed E-state index contributed by atoms with van der Waals surface area (Å²) in [4.78, 5) is 16.6. The van der Waals surface area contributed by atoms with Crippen molar-refractivity contribution < 1.29 is 9.90 Å². The second-order valence-electron chi connectivity index (χ2n) is 3.98. The minimum atomic E-state index is -0.792. The van der Waals surface area contributed by atoms with Crippen LogP contribution in [0.2, 0.25) is 0 Å². The number of rotatable bonds is 5. The van der Waals surface area contributed by atoms with E-state index in [0.717, 1.165) is 21.0 Å². The summed E-state index contributed by atoms with van der Waals surface area (Å²) in [5, 5.41) is 12.0. The molecule has 2 aromatic rings. The van der Waals surface area contributed by atoms with Crippen LogP contribution < -0.4 is 5.32 Å². The molecule has 0 unspecified atom stereocenters. The number of carboxylic acids is 1. The number of hydrogen-bond acceptors (Lipinski definition) is 4. The Morgan fingerprint density at radius 2 is 2.17 bits per heavy atom. The van der Waals surface area contributed by atoms with E-state index >= 15 is 0 Å². The summed E-state index contributed by atoms with van der Waals surface area (Å²) in [5.74, 6) is -0.792. The maximum Gasteiger partial charge on any atom is 0.308 e. The third-order valence-electron chi connectivity index (χ3n) is 2.53. The zero-order valence-electron chi connectivity index (χ0n) is 10.0. The number of hydrogen-bond donors (Lipinski definition) is 2. The number of aryl methyl sites for hydroxylation is 1. The van der Waals surface area contributed by atoms with E-state index in [4.69, 9.17) is 5.11 Å². The molecule has 0 fully saturated rings. The number of pyridine rings is 1. The fourth-order valence-electron chi connectivity index (χ4n) is 1.59. The highest BCUT2D eigenvalue weighted by atomic mass is 32.1. The predicted molar refractivity (Wildman–Crippen MR) is 72.0 cm³/mol. The molecule has 2 N–H and O–H groups in total. The summed E-state index contributed by atoms with van der Waals surface area (Å²) in [5.41, 5.74) is 2.15. The highest BCUT2D eigenvalue weighted by Gasteiger charge is 2.05. The molecule has 0 amide bonds. The van der Waals surface area contributed by atoms with Crippen molar-refractivity contribution in [2.24, 2.45) is 0 Å². The molecule has 0 aliphatic heterocycles. The Labute approximate surface area is 109 Å². The molecular formula is C13H14N2O2S. The summed E-state index contributed by atoms with van der Waals surface area (Å²) < 4.78 is 0. The number of aromatic nitrogens is 1. The van der Waals surface area contributed by atoms with Crippen LogP contribution in [0.3, 0.4) is 0 Å². The van der Waals surface area contributed by atoms with E-state index in [2.05, 4.69) is 10.3 Å². The molecule has 18 heavy (non-hydrogen) atoms. The average Bonchev–Trinajstić information content (AvgIpc) is 2.75. The number of carbonyl (C=O) groups is 1. The van der Waals surface area contributed by atoms with E-state index in [1.54, 1.807) is 12.4 Å². The first-order valence-corrected chi connectivity index (χ1v) is 6.40. The molecule has 0 spiro atoms. The summed E-state index contributed by atoms with van der Waals surface area (Å²) in [6, 6.07) is 5.78. The van der Waals surface area contributed by atoms with Crippen molar-refractivity contribution in [2.75, 3.05) is 5.32 Å². The van der Waals surface area contributed by atoms with E-state index in [9.17, 15) is 4.79 Å². The molecule has 0 atom stereocenters. The fourth-order valence-corrected chi connectivity index (χ4v) is 2.54. The Balaban J connectivity index is 1.96. The fraction of sp³-hybridized carbons (Fsp3) is 0.231. The molecule has 94 valence electrons. The van der Waals surface area contributed by atoms with Gasteiger partial charge in [-0.15, -0.1) is 11.3 Å². The zero-order chi connectivity index (χ0) is 13.0. The normalized spacial score (nSPS) is 10.3. The number of anilines is 1. The lowest BCUT2D eigenvalue weighted by Crippen LogP contribution is -1.99. The summed E-state index contributed by atoms with van der Waals surface area (Å²) in [6.07, 6.45) is 3.65. The Morgan fingerprint density at radius 1 is 1.39 bits per heavy atom. The molecule has 4 nitrogen and oxygen atoms in total. The van der Waals surface area contributed by atoms with Crippen LogP contribution in [0.4, 0.5) is 5.69 Å². The van der Waals surface area contributed by atoms with E-state index in [-0.39, 0.29) is 6.42 Å². The van der Waals surface area contributed by atoms with E-state index in [0.29, 0.717) is 6.54 Å². The van der Waals surface area contributed by atoms with Gasteiger partial charge in [-0.2, -0.15) is 0 Å². The monoisotopic (exact) mass is 262 g/mol. The Hall–Kier alpha value is -1.88. The molecule has 0 aromatic carbocycles. The number of nitrogens with zero attached hydrogens (tertiary/aromatic N) is 1. The van der Waals surface area contributed by atoms with Gasteiger partial charge >= 0.3 is 5.97 Å². The van der Waals surface area contributed by atoms with Gasteiger partial charge in [0.1, 0.15) is 0 Å². The standard InChI is InChI=1S/C13H14N2O2S/c1-9-4-5-14-8-12(9)15-7-11-3-2-10(18-11)6-13(16)17/h2-5,8,15H,6-7H2,1H3,(H,16,17). The zero-order valence-corrected chi connectivity index (χ0v) is 10.8. The van der Waals surface area contributed by atoms with Crippen LogP contribution in [0.15, 0.2) is 30.6 Å². The van der Waals surface area contributed by atoms with Crippen LogP contribution in [0.25, 0.3) is 0 Å². The van der Waals surface area contributed by atoms with E-state index < -0.39 is 5.97 Å². The smallest absolute Gasteiger partial charge is 0.308 e. The predicted octanol–water partition coefficient (Wildman–Crippen LogP) is 2.69. The molecule has 2 aromatic heterocycles. The molecule has 0 bridgehead atoms. The van der Waals surface area contributed by atoms with E-state index in [1.165, 1.54) is 11.3 Å². The Bertz CT molecular complexity index is 551. The van der Waals surface area contributed by atoms with Gasteiger partial charge in [-0.25, -0.2) is 0 Å². The highest BCUT2D eigenvalue weighted by Crippen LogP contribution is 2.19. The van der Waals surface area contributed by atoms with Crippen LogP contribution in [-0.2, 0) is 17.8 Å². The average molecular weight is 262 g/mol. The van der Waals surface area contributed by atoms with Gasteiger partial charge in [-0.1, -0.05) is 0 Å². The van der Waals surface area contributed by atoms with Crippen molar-refractivity contribution in [2.45, 2.75) is 19.9 Å². The van der Waals surface area contributed by atoms with Crippen LogP contribution in [-0.4, -0.2) is 16.1 Å². The third kappa shape index (κ3) is 3.30. The van der Waals surface area contributed by atoms with Crippen molar-refractivity contribution in [3.63, 3.8) is 0 Å². The maximum atomic E-state index is 10.6. The number of aliphatic carboxylic acids is 1. The van der Waals surface area contributed by atoms with Crippen molar-refractivity contribution >= 4 is 23.0 Å². The number of nitrogens with one attached hydrogen (secondary N) is 1. The van der Waals surface area contributed by atoms with Gasteiger partial charge in [0, 0.05) is 22.5 Å². The minimum absolute atomic E-state index is 0.0938. The van der Waals surface area contributed by atoms with Crippen molar-refractivity contribution in [1.82, 2.24) is 4.98 Å². The quantitative estimate of drug-likeness (QED) is 0.869. The van der Waals surface area contributed by atoms with Gasteiger partial charge in [-0.05, 0) is 30.7 Å². The third-order valence-corrected chi connectivity index (χ3v) is 3.62. The molecule has 0 saturated carbocycles. The summed E-state index contributed by atoms with van der Waals surface area (Å²) in [6.45, 7) is 2.71. The van der Waals surface area contributed by atoms with Crippen molar-refractivity contribution in [1.29, 1.82) is 0 Å². The summed E-state index contributed by atoms with van der Waals surface area (Å²) >= 11 is 1.52. The van der Waals surface area contributed by atoms with Gasteiger partial charge in [-0.3, -0.25) is 9.78 Å². The van der Waals surface area contributed by atoms with Crippen LogP contribution >= 0.6 is 11.3 Å². The first-order chi connectivity index (χ1) is 8.65. The molecule has 0 saturated heterocycles. The maximum absolute atomic E-state index is 10.6. The van der Waals surface area contributed by atoms with E-state index in [1.807, 2.05) is 25.1 Å². The molecule has 0 aliphatic rings. The SMILES string of the molecule is Cc1ccncc1NCc1ccc(CC(=O)O)s1. The van der Waals surface area contributed by atoms with Gasteiger partial charge in [0.2, 0.25) is 0 Å². The Kier molecular flexibility index (Phi) is 3.94. The van der Waals surface area contributed by atoms with Crippen LogP contribution in [0, 0.1) is 6.92 Å². The van der Waals surface area contributed by atoms with Crippen LogP contribution in [0.5, 0.6) is 0 Å². The van der Waals surface area contributed by atoms with Crippen molar-refractivity contribution in [3.05, 3.63) is 45.9 Å². The first kappa shape index (κ1) is 12.6. The molecule has 5 heteroatoms. The van der Waals surface area contributed by atoms with Crippen LogP contribution in [0.1, 0.15) is 15.3 Å². The first-order valence-electron chi connectivity index (χ1n) is 5.59. The van der Waals surface area contributed by atoms with Gasteiger partial charge in [0.15, 0.2) is 0 Å². The lowest BCUT2D eigenvalue weighted by atomic mass is 10.2. The molecule has 2 rings (SSSR count). The molecular weight excluding hydrogens is 248 g/mol. The highest BCUT2D eigenvalue weighted by molar-refractivity contribution is 7.12. The van der Waals surface area contributed by atoms with Gasteiger partial charge in [0.05, 0.1) is 18.3 Å². The molecule has 0 radical (unpaired) electrons. The van der Waals surface area contributed by atoms with Gasteiger partial charge in [0.25, 0.3) is 0 Å². The number of carboxylic acid groups (broad SMARTS) is 1.